The van der Waals surface area contributed by atoms with Gasteiger partial charge in [-0.15, -0.1) is 5.10 Å². The van der Waals surface area contributed by atoms with Crippen molar-refractivity contribution in [3.8, 4) is 11.4 Å². The van der Waals surface area contributed by atoms with E-state index in [9.17, 15) is 4.79 Å². The Morgan fingerprint density at radius 3 is 2.80 bits per heavy atom. The van der Waals surface area contributed by atoms with Crippen molar-refractivity contribution in [1.29, 1.82) is 0 Å². The quantitative estimate of drug-likeness (QED) is 0.529. The third kappa shape index (κ3) is 2.14. The predicted octanol–water partition coefficient (Wildman–Crippen LogP) is 2.65. The first-order chi connectivity index (χ1) is 9.65. The molecule has 3 rings (SSSR count). The lowest BCUT2D eigenvalue weighted by molar-refractivity contribution is -0.131. The molecule has 1 aromatic heterocycles. The summed E-state index contributed by atoms with van der Waals surface area (Å²) in [4.78, 5) is 11.2. The van der Waals surface area contributed by atoms with E-state index in [0.29, 0.717) is 11.4 Å². The van der Waals surface area contributed by atoms with Gasteiger partial charge in [0.2, 0.25) is 0 Å². The van der Waals surface area contributed by atoms with E-state index in [4.69, 9.17) is 4.74 Å². The molecule has 2 aromatic carbocycles. The number of hydrogen-bond donors (Lipinski definition) is 0. The third-order valence-electron chi connectivity index (χ3n) is 2.95. The van der Waals surface area contributed by atoms with Crippen molar-refractivity contribution < 1.29 is 9.53 Å². The maximum Gasteiger partial charge on any atom is 0.308 e. The second kappa shape index (κ2) is 4.77. The Balaban J connectivity index is 2.22. The highest BCUT2D eigenvalue weighted by atomic mass is 16.5. The van der Waals surface area contributed by atoms with Crippen molar-refractivity contribution >= 4 is 17.0 Å². The summed E-state index contributed by atoms with van der Waals surface area (Å²) in [5.41, 5.74) is 3.42. The third-order valence-corrected chi connectivity index (χ3v) is 2.95. The van der Waals surface area contributed by atoms with Crippen LogP contribution in [0.15, 0.2) is 42.5 Å². The van der Waals surface area contributed by atoms with Gasteiger partial charge in [0.05, 0.1) is 5.52 Å². The summed E-state index contributed by atoms with van der Waals surface area (Å²) in [6.07, 6.45) is 0. The highest BCUT2D eigenvalue weighted by molar-refractivity contribution is 5.77. The van der Waals surface area contributed by atoms with Crippen molar-refractivity contribution in [1.82, 2.24) is 15.0 Å². The molecule has 5 nitrogen and oxygen atoms in total. The lowest BCUT2D eigenvalue weighted by Crippen LogP contribution is -2.06. The first-order valence-corrected chi connectivity index (χ1v) is 6.25. The van der Waals surface area contributed by atoms with E-state index < -0.39 is 0 Å². The summed E-state index contributed by atoms with van der Waals surface area (Å²) in [6.45, 7) is 3.35. The second-order valence-electron chi connectivity index (χ2n) is 4.55. The monoisotopic (exact) mass is 267 g/mol. The molecule has 0 saturated heterocycles. The van der Waals surface area contributed by atoms with Gasteiger partial charge in [-0.25, -0.2) is 4.68 Å². The number of ether oxygens (including phenoxy) is 1. The van der Waals surface area contributed by atoms with Gasteiger partial charge in [-0.2, -0.15) is 0 Å². The average molecular weight is 267 g/mol. The number of esters is 1. The van der Waals surface area contributed by atoms with E-state index in [1.165, 1.54) is 6.92 Å². The van der Waals surface area contributed by atoms with Gasteiger partial charge in [-0.1, -0.05) is 23.4 Å². The van der Waals surface area contributed by atoms with Crippen molar-refractivity contribution in [3.05, 3.63) is 48.0 Å². The number of benzene rings is 2. The van der Waals surface area contributed by atoms with E-state index in [1.807, 2.05) is 43.3 Å². The maximum absolute atomic E-state index is 11.2. The molecule has 0 aliphatic carbocycles. The largest absolute Gasteiger partial charge is 0.424 e. The molecule has 0 saturated carbocycles. The summed E-state index contributed by atoms with van der Waals surface area (Å²) >= 11 is 0. The van der Waals surface area contributed by atoms with Gasteiger partial charge < -0.3 is 4.74 Å². The van der Waals surface area contributed by atoms with Crippen molar-refractivity contribution in [2.24, 2.45) is 0 Å². The SMILES string of the molecule is CC(=O)Oc1ccc(C)cc1-n1nnc2ccccc21. The smallest absolute Gasteiger partial charge is 0.308 e. The van der Waals surface area contributed by atoms with Crippen LogP contribution in [0, 0.1) is 6.92 Å². The Bertz CT molecular complexity index is 793. The number of rotatable bonds is 2. The minimum atomic E-state index is -0.362. The van der Waals surface area contributed by atoms with Gasteiger partial charge in [0.25, 0.3) is 0 Å². The lowest BCUT2D eigenvalue weighted by atomic mass is 10.2. The van der Waals surface area contributed by atoms with Crippen LogP contribution in [0.25, 0.3) is 16.7 Å². The highest BCUT2D eigenvalue weighted by Gasteiger charge is 2.12. The molecule has 0 aliphatic rings. The van der Waals surface area contributed by atoms with Gasteiger partial charge in [0, 0.05) is 6.92 Å². The van der Waals surface area contributed by atoms with Gasteiger partial charge in [0.1, 0.15) is 11.2 Å². The van der Waals surface area contributed by atoms with Gasteiger partial charge >= 0.3 is 5.97 Å². The van der Waals surface area contributed by atoms with Crippen LogP contribution in [-0.2, 0) is 4.79 Å². The van der Waals surface area contributed by atoms with Crippen LogP contribution in [0.1, 0.15) is 12.5 Å². The minimum absolute atomic E-state index is 0.362. The number of aryl methyl sites for hydroxylation is 1. The van der Waals surface area contributed by atoms with Gasteiger partial charge in [-0.3, -0.25) is 4.79 Å². The summed E-state index contributed by atoms with van der Waals surface area (Å²) in [5, 5.41) is 8.27. The molecule has 100 valence electrons. The molecule has 0 amide bonds. The van der Waals surface area contributed by atoms with Crippen LogP contribution in [0.3, 0.4) is 0 Å². The maximum atomic E-state index is 11.2. The summed E-state index contributed by atoms with van der Waals surface area (Å²) in [7, 11) is 0. The zero-order chi connectivity index (χ0) is 14.1. The molecule has 0 bridgehead atoms. The summed E-state index contributed by atoms with van der Waals surface area (Å²) < 4.78 is 6.93. The molecular weight excluding hydrogens is 254 g/mol. The van der Waals surface area contributed by atoms with E-state index in [-0.39, 0.29) is 5.97 Å². The standard InChI is InChI=1S/C15H13N3O2/c1-10-7-8-15(20-11(2)19)14(9-10)18-13-6-4-3-5-12(13)16-17-18/h3-9H,1-2H3. The Morgan fingerprint density at radius 1 is 1.20 bits per heavy atom. The van der Waals surface area contributed by atoms with Crippen LogP contribution in [-0.4, -0.2) is 21.0 Å². The molecule has 0 N–H and O–H groups in total. The number of carbonyl (C=O) groups is 1. The number of nitrogens with zero attached hydrogens (tertiary/aromatic N) is 3. The number of para-hydroxylation sites is 1. The van der Waals surface area contributed by atoms with Gasteiger partial charge in [0.15, 0.2) is 5.75 Å². The molecule has 0 spiro atoms. The van der Waals surface area contributed by atoms with Crippen LogP contribution in [0.2, 0.25) is 0 Å². The Morgan fingerprint density at radius 2 is 2.00 bits per heavy atom. The van der Waals surface area contributed by atoms with Crippen molar-refractivity contribution in [2.45, 2.75) is 13.8 Å². The molecule has 3 aromatic rings. The Labute approximate surface area is 115 Å². The highest BCUT2D eigenvalue weighted by Crippen LogP contribution is 2.26. The zero-order valence-electron chi connectivity index (χ0n) is 11.2. The summed E-state index contributed by atoms with van der Waals surface area (Å²) in [5.74, 6) is 0.110. The number of aromatic nitrogens is 3. The van der Waals surface area contributed by atoms with E-state index in [2.05, 4.69) is 10.3 Å². The number of carbonyl (C=O) groups excluding carboxylic acids is 1. The molecule has 0 radical (unpaired) electrons. The number of hydrogen-bond acceptors (Lipinski definition) is 4. The molecular formula is C15H13N3O2. The molecule has 0 fully saturated rings. The Kier molecular flexibility index (Phi) is 2.95. The second-order valence-corrected chi connectivity index (χ2v) is 4.55. The fourth-order valence-corrected chi connectivity index (χ4v) is 2.08. The van der Waals surface area contributed by atoms with Crippen LogP contribution >= 0.6 is 0 Å². The topological polar surface area (TPSA) is 57.0 Å². The molecule has 5 heteroatoms. The zero-order valence-corrected chi connectivity index (χ0v) is 11.2. The van der Waals surface area contributed by atoms with Gasteiger partial charge in [-0.05, 0) is 36.8 Å². The number of fused-ring (bicyclic) bond motifs is 1. The van der Waals surface area contributed by atoms with E-state index in [0.717, 1.165) is 16.6 Å². The van der Waals surface area contributed by atoms with E-state index in [1.54, 1.807) is 10.7 Å². The normalized spacial score (nSPS) is 10.7. The summed E-state index contributed by atoms with van der Waals surface area (Å²) in [6, 6.07) is 13.2. The first kappa shape index (κ1) is 12.3. The average Bonchev–Trinajstić information content (AvgIpc) is 2.84. The molecule has 20 heavy (non-hydrogen) atoms. The van der Waals surface area contributed by atoms with Crippen LogP contribution < -0.4 is 4.74 Å². The fourth-order valence-electron chi connectivity index (χ4n) is 2.08. The van der Waals surface area contributed by atoms with Crippen molar-refractivity contribution in [2.75, 3.05) is 0 Å². The van der Waals surface area contributed by atoms with Crippen LogP contribution in [0.4, 0.5) is 0 Å². The molecule has 0 atom stereocenters. The van der Waals surface area contributed by atoms with E-state index >= 15 is 0 Å². The molecule has 0 unspecified atom stereocenters. The fraction of sp³-hybridized carbons (Fsp3) is 0.133. The molecule has 0 aliphatic heterocycles. The van der Waals surface area contributed by atoms with Crippen molar-refractivity contribution in [3.63, 3.8) is 0 Å². The van der Waals surface area contributed by atoms with Crippen LogP contribution in [0.5, 0.6) is 5.75 Å². The predicted molar refractivity (Wildman–Crippen MR) is 74.9 cm³/mol. The lowest BCUT2D eigenvalue weighted by Gasteiger charge is -2.10. The first-order valence-electron chi connectivity index (χ1n) is 6.25. The Hall–Kier alpha value is -2.69. The molecule has 1 heterocycles. The minimum Gasteiger partial charge on any atom is -0.424 e.